The van der Waals surface area contributed by atoms with Gasteiger partial charge in [0.2, 0.25) is 5.91 Å². The first-order valence-corrected chi connectivity index (χ1v) is 7.85. The van der Waals surface area contributed by atoms with Crippen LogP contribution in [0, 0.1) is 20.8 Å². The summed E-state index contributed by atoms with van der Waals surface area (Å²) in [5.41, 5.74) is 3.79. The van der Waals surface area contributed by atoms with E-state index in [0.717, 1.165) is 26.9 Å². The second-order valence-electron chi connectivity index (χ2n) is 5.53. The minimum atomic E-state index is -0.592. The fourth-order valence-electron chi connectivity index (χ4n) is 2.51. The summed E-state index contributed by atoms with van der Waals surface area (Å²) in [6.07, 6.45) is 1.63. The molecular weight excluding hydrogens is 344 g/mol. The van der Waals surface area contributed by atoms with Crippen LogP contribution in [0.2, 0.25) is 0 Å². The summed E-state index contributed by atoms with van der Waals surface area (Å²) in [6.45, 7) is 7.66. The normalized spacial score (nSPS) is 12.0. The second-order valence-corrected chi connectivity index (χ2v) is 6.45. The maximum atomic E-state index is 12.5. The number of rotatable bonds is 3. The monoisotopic (exact) mass is 362 g/mol. The molecule has 0 radical (unpaired) electrons. The molecule has 1 atom stereocenters. The zero-order valence-corrected chi connectivity index (χ0v) is 14.7. The molecule has 0 aliphatic heterocycles. The van der Waals surface area contributed by atoms with E-state index in [2.05, 4.69) is 21.2 Å². The van der Waals surface area contributed by atoms with Gasteiger partial charge in [0.1, 0.15) is 6.04 Å². The highest BCUT2D eigenvalue weighted by Crippen LogP contribution is 2.23. The van der Waals surface area contributed by atoms with Crippen LogP contribution in [0.3, 0.4) is 0 Å². The number of carbonyl (C=O) groups is 1. The van der Waals surface area contributed by atoms with Crippen molar-refractivity contribution in [2.45, 2.75) is 33.7 Å². The number of benzene rings is 1. The molecule has 1 aromatic carbocycles. The maximum Gasteiger partial charge on any atom is 0.251 e. The molecule has 1 aromatic heterocycles. The van der Waals surface area contributed by atoms with E-state index in [-0.39, 0.29) is 11.5 Å². The first kappa shape index (κ1) is 16.5. The Morgan fingerprint density at radius 3 is 2.36 bits per heavy atom. The van der Waals surface area contributed by atoms with Crippen LogP contribution < -0.4 is 10.9 Å². The second kappa shape index (κ2) is 6.48. The Bertz CT molecular complexity index is 757. The van der Waals surface area contributed by atoms with Crippen LogP contribution in [-0.2, 0) is 4.79 Å². The Kier molecular flexibility index (Phi) is 4.86. The van der Waals surface area contributed by atoms with Crippen LogP contribution in [0.5, 0.6) is 0 Å². The first-order chi connectivity index (χ1) is 10.3. The van der Waals surface area contributed by atoms with Gasteiger partial charge in [-0.1, -0.05) is 17.7 Å². The van der Waals surface area contributed by atoms with E-state index < -0.39 is 6.04 Å². The predicted molar refractivity (Wildman–Crippen MR) is 92.4 cm³/mol. The van der Waals surface area contributed by atoms with Gasteiger partial charge in [-0.25, -0.2) is 0 Å². The SMILES string of the molecule is Cc1cc(C)c(NC(=O)C(C)n2cc(Br)ccc2=O)c(C)c1. The number of nitrogens with one attached hydrogen (secondary N) is 1. The van der Waals surface area contributed by atoms with Crippen LogP contribution in [0.25, 0.3) is 0 Å². The molecule has 1 N–H and O–H groups in total. The van der Waals surface area contributed by atoms with E-state index >= 15 is 0 Å². The molecule has 0 saturated carbocycles. The van der Waals surface area contributed by atoms with Crippen molar-refractivity contribution in [1.82, 2.24) is 4.57 Å². The third kappa shape index (κ3) is 3.47. The number of hydrogen-bond donors (Lipinski definition) is 1. The Morgan fingerprint density at radius 2 is 1.77 bits per heavy atom. The van der Waals surface area contributed by atoms with Crippen LogP contribution >= 0.6 is 15.9 Å². The first-order valence-electron chi connectivity index (χ1n) is 7.06. The number of pyridine rings is 1. The average Bonchev–Trinajstić information content (AvgIpc) is 2.44. The molecule has 22 heavy (non-hydrogen) atoms. The molecule has 1 heterocycles. The van der Waals surface area contributed by atoms with E-state index in [1.165, 1.54) is 10.6 Å². The van der Waals surface area contributed by atoms with Gasteiger partial charge in [0, 0.05) is 22.4 Å². The highest BCUT2D eigenvalue weighted by atomic mass is 79.9. The lowest BCUT2D eigenvalue weighted by Gasteiger charge is -2.18. The molecule has 116 valence electrons. The fraction of sp³-hybridized carbons (Fsp3) is 0.294. The summed E-state index contributed by atoms with van der Waals surface area (Å²) < 4.78 is 2.17. The van der Waals surface area contributed by atoms with Crippen LogP contribution in [0.4, 0.5) is 5.69 Å². The van der Waals surface area contributed by atoms with E-state index in [1.807, 2.05) is 32.9 Å². The Labute approximate surface area is 138 Å². The van der Waals surface area contributed by atoms with Crippen molar-refractivity contribution in [1.29, 1.82) is 0 Å². The third-order valence-electron chi connectivity index (χ3n) is 3.62. The quantitative estimate of drug-likeness (QED) is 0.903. The van der Waals surface area contributed by atoms with Crippen LogP contribution in [0.15, 0.2) is 39.7 Å². The molecule has 1 amide bonds. The lowest BCUT2D eigenvalue weighted by atomic mass is 10.0. The smallest absolute Gasteiger partial charge is 0.251 e. The lowest BCUT2D eigenvalue weighted by molar-refractivity contribution is -0.118. The Balaban J connectivity index is 2.30. The van der Waals surface area contributed by atoms with E-state index in [1.54, 1.807) is 19.2 Å². The zero-order chi connectivity index (χ0) is 16.4. The number of nitrogens with zero attached hydrogens (tertiary/aromatic N) is 1. The molecule has 5 heteroatoms. The summed E-state index contributed by atoms with van der Waals surface area (Å²) in [6, 6.07) is 6.57. The van der Waals surface area contributed by atoms with Crippen molar-refractivity contribution >= 4 is 27.5 Å². The highest BCUT2D eigenvalue weighted by molar-refractivity contribution is 9.10. The summed E-state index contributed by atoms with van der Waals surface area (Å²) >= 11 is 3.32. The number of aryl methyl sites for hydroxylation is 3. The summed E-state index contributed by atoms with van der Waals surface area (Å²) in [5, 5.41) is 2.94. The van der Waals surface area contributed by atoms with Crippen molar-refractivity contribution < 1.29 is 4.79 Å². The van der Waals surface area contributed by atoms with Gasteiger partial charge in [0.05, 0.1) is 0 Å². The molecule has 0 aliphatic carbocycles. The predicted octanol–water partition coefficient (Wildman–Crippen LogP) is 3.74. The number of anilines is 1. The minimum Gasteiger partial charge on any atom is -0.324 e. The topological polar surface area (TPSA) is 51.1 Å². The van der Waals surface area contributed by atoms with Crippen LogP contribution in [-0.4, -0.2) is 10.5 Å². The molecular formula is C17H19BrN2O2. The number of halogens is 1. The van der Waals surface area contributed by atoms with Crippen molar-refractivity contribution in [2.24, 2.45) is 0 Å². The van der Waals surface area contributed by atoms with E-state index in [4.69, 9.17) is 0 Å². The standard InChI is InChI=1S/C17H19BrN2O2/c1-10-7-11(2)16(12(3)8-10)19-17(22)13(4)20-9-14(18)5-6-15(20)21/h5-9,13H,1-4H3,(H,19,22). The summed E-state index contributed by atoms with van der Waals surface area (Å²) in [5.74, 6) is -0.213. The third-order valence-corrected chi connectivity index (χ3v) is 4.09. The molecule has 2 aromatic rings. The number of carbonyl (C=O) groups excluding carboxylic acids is 1. The van der Waals surface area contributed by atoms with Crippen molar-refractivity contribution in [3.63, 3.8) is 0 Å². The number of amides is 1. The maximum absolute atomic E-state index is 12.5. The van der Waals surface area contributed by atoms with Gasteiger partial charge in [-0.15, -0.1) is 0 Å². The minimum absolute atomic E-state index is 0.205. The lowest BCUT2D eigenvalue weighted by Crippen LogP contribution is -2.31. The van der Waals surface area contributed by atoms with Crippen molar-refractivity contribution in [3.8, 4) is 0 Å². The molecule has 0 saturated heterocycles. The van der Waals surface area contributed by atoms with Crippen molar-refractivity contribution in [2.75, 3.05) is 5.32 Å². The molecule has 0 aliphatic rings. The number of aromatic nitrogens is 1. The molecule has 0 spiro atoms. The van der Waals surface area contributed by atoms with Gasteiger partial charge in [0.25, 0.3) is 5.56 Å². The summed E-state index contributed by atoms with van der Waals surface area (Å²) in [4.78, 5) is 24.4. The van der Waals surface area contributed by atoms with Gasteiger partial charge < -0.3 is 9.88 Å². The van der Waals surface area contributed by atoms with E-state index in [0.29, 0.717) is 0 Å². The highest BCUT2D eigenvalue weighted by Gasteiger charge is 2.18. The van der Waals surface area contributed by atoms with Gasteiger partial charge in [-0.05, 0) is 60.8 Å². The Morgan fingerprint density at radius 1 is 1.18 bits per heavy atom. The number of hydrogen-bond acceptors (Lipinski definition) is 2. The van der Waals surface area contributed by atoms with Gasteiger partial charge in [-0.3, -0.25) is 9.59 Å². The Hall–Kier alpha value is -1.88. The van der Waals surface area contributed by atoms with Gasteiger partial charge >= 0.3 is 0 Å². The fourth-order valence-corrected chi connectivity index (χ4v) is 2.86. The van der Waals surface area contributed by atoms with Gasteiger partial charge in [-0.2, -0.15) is 0 Å². The zero-order valence-electron chi connectivity index (χ0n) is 13.1. The van der Waals surface area contributed by atoms with Crippen molar-refractivity contribution in [3.05, 3.63) is 62.0 Å². The molecule has 0 bridgehead atoms. The molecule has 1 unspecified atom stereocenters. The largest absolute Gasteiger partial charge is 0.324 e. The average molecular weight is 363 g/mol. The molecule has 2 rings (SSSR count). The van der Waals surface area contributed by atoms with E-state index in [9.17, 15) is 9.59 Å². The molecule has 4 nitrogen and oxygen atoms in total. The molecule has 0 fully saturated rings. The summed E-state index contributed by atoms with van der Waals surface area (Å²) in [7, 11) is 0. The van der Waals surface area contributed by atoms with Gasteiger partial charge in [0.15, 0.2) is 0 Å². The van der Waals surface area contributed by atoms with Crippen LogP contribution in [0.1, 0.15) is 29.7 Å².